The highest BCUT2D eigenvalue weighted by atomic mass is 14.8. The number of aryl methyl sites for hydroxylation is 2. The first-order valence-electron chi connectivity index (χ1n) is 6.37. The molecule has 0 N–H and O–H groups in total. The summed E-state index contributed by atoms with van der Waals surface area (Å²) in [4.78, 5) is 4.81. The summed E-state index contributed by atoms with van der Waals surface area (Å²) in [6.07, 6.45) is 4.39. The Bertz CT molecular complexity index is 341. The first-order valence-corrected chi connectivity index (χ1v) is 6.37. The highest BCUT2D eigenvalue weighted by Crippen LogP contribution is 2.26. The van der Waals surface area contributed by atoms with Crippen LogP contribution in [-0.2, 0) is 12.8 Å². The molecule has 0 bridgehead atoms. The van der Waals surface area contributed by atoms with Crippen molar-refractivity contribution < 1.29 is 0 Å². The number of nitrogens with zero attached hydrogens (tertiary/aromatic N) is 1. The van der Waals surface area contributed by atoms with Crippen LogP contribution in [0.3, 0.4) is 0 Å². The quantitative estimate of drug-likeness (QED) is 0.634. The van der Waals surface area contributed by atoms with E-state index in [2.05, 4.69) is 45.9 Å². The molecule has 0 radical (unpaired) electrons. The van der Waals surface area contributed by atoms with E-state index in [1.807, 2.05) is 0 Å². The van der Waals surface area contributed by atoms with Crippen molar-refractivity contribution >= 4 is 11.4 Å². The molecule has 1 nitrogen and oxygen atoms in total. The van der Waals surface area contributed by atoms with Crippen molar-refractivity contribution in [2.24, 2.45) is 4.99 Å². The van der Waals surface area contributed by atoms with Gasteiger partial charge in [0.25, 0.3) is 0 Å². The molecule has 0 unspecified atom stereocenters. The molecule has 1 aromatic rings. The second kappa shape index (κ2) is 6.47. The molecule has 1 rings (SSSR count). The zero-order chi connectivity index (χ0) is 12.0. The van der Waals surface area contributed by atoms with Crippen LogP contribution in [0.25, 0.3) is 0 Å². The molecule has 1 heteroatoms. The van der Waals surface area contributed by atoms with Gasteiger partial charge in [0.15, 0.2) is 0 Å². The molecule has 0 aliphatic heterocycles. The second-order valence-electron chi connectivity index (χ2n) is 4.23. The Morgan fingerprint density at radius 2 is 1.62 bits per heavy atom. The summed E-state index contributed by atoms with van der Waals surface area (Å²) in [5.74, 6) is 0. The van der Waals surface area contributed by atoms with Crippen LogP contribution >= 0.6 is 0 Å². The molecule has 1 aromatic carbocycles. The minimum Gasteiger partial charge on any atom is -0.258 e. The number of benzene rings is 1. The van der Waals surface area contributed by atoms with Gasteiger partial charge in [-0.2, -0.15) is 0 Å². The third-order valence-corrected chi connectivity index (χ3v) is 2.88. The minimum absolute atomic E-state index is 1.06. The molecule has 0 aliphatic rings. The molecule has 0 fully saturated rings. The first kappa shape index (κ1) is 13.0. The van der Waals surface area contributed by atoms with E-state index in [4.69, 9.17) is 4.99 Å². The molecule has 16 heavy (non-hydrogen) atoms. The normalized spacial score (nSPS) is 11.9. The predicted molar refractivity (Wildman–Crippen MR) is 72.9 cm³/mol. The van der Waals surface area contributed by atoms with Crippen LogP contribution in [0, 0.1) is 0 Å². The van der Waals surface area contributed by atoms with Gasteiger partial charge in [-0.1, -0.05) is 45.4 Å². The average Bonchev–Trinajstić information content (AvgIpc) is 2.29. The van der Waals surface area contributed by atoms with Crippen molar-refractivity contribution in [3.8, 4) is 0 Å². The molecule has 0 aliphatic carbocycles. The van der Waals surface area contributed by atoms with Gasteiger partial charge in [-0.05, 0) is 37.3 Å². The summed E-state index contributed by atoms with van der Waals surface area (Å²) in [6.45, 7) is 8.73. The lowest BCUT2D eigenvalue weighted by atomic mass is 10.0. The van der Waals surface area contributed by atoms with Crippen molar-refractivity contribution in [2.75, 3.05) is 0 Å². The summed E-state index contributed by atoms with van der Waals surface area (Å²) in [7, 11) is 0. The van der Waals surface area contributed by atoms with Crippen LogP contribution in [0.1, 0.15) is 51.7 Å². The lowest BCUT2D eigenvalue weighted by molar-refractivity contribution is 0.984. The fourth-order valence-electron chi connectivity index (χ4n) is 1.97. The lowest BCUT2D eigenvalue weighted by Gasteiger charge is -2.09. The van der Waals surface area contributed by atoms with Crippen LogP contribution in [0.5, 0.6) is 0 Å². The van der Waals surface area contributed by atoms with Crippen molar-refractivity contribution in [3.05, 3.63) is 29.3 Å². The molecule has 0 amide bonds. The van der Waals surface area contributed by atoms with Crippen LogP contribution in [-0.4, -0.2) is 5.71 Å². The zero-order valence-corrected chi connectivity index (χ0v) is 11.0. The maximum Gasteiger partial charge on any atom is 0.0692 e. The maximum atomic E-state index is 4.81. The van der Waals surface area contributed by atoms with Crippen LogP contribution in [0.4, 0.5) is 5.69 Å². The van der Waals surface area contributed by atoms with E-state index in [0.717, 1.165) is 19.3 Å². The van der Waals surface area contributed by atoms with Gasteiger partial charge in [0, 0.05) is 5.71 Å². The summed E-state index contributed by atoms with van der Waals surface area (Å²) >= 11 is 0. The number of hydrogen-bond donors (Lipinski definition) is 0. The Kier molecular flexibility index (Phi) is 5.24. The lowest BCUT2D eigenvalue weighted by Crippen LogP contribution is -1.93. The number of hydrogen-bond acceptors (Lipinski definition) is 1. The zero-order valence-electron chi connectivity index (χ0n) is 11.0. The van der Waals surface area contributed by atoms with Crippen molar-refractivity contribution in [1.29, 1.82) is 0 Å². The van der Waals surface area contributed by atoms with Gasteiger partial charge in [0.05, 0.1) is 5.69 Å². The topological polar surface area (TPSA) is 12.4 Å². The summed E-state index contributed by atoms with van der Waals surface area (Å²) in [5, 5.41) is 0. The Labute approximate surface area is 99.6 Å². The van der Waals surface area contributed by atoms with Gasteiger partial charge in [0.2, 0.25) is 0 Å². The SMILES string of the molecule is CCCC(C)=Nc1c(CC)cccc1CC. The van der Waals surface area contributed by atoms with E-state index in [0.29, 0.717) is 0 Å². The van der Waals surface area contributed by atoms with Crippen molar-refractivity contribution in [1.82, 2.24) is 0 Å². The molecular formula is C15H23N. The van der Waals surface area contributed by atoms with Crippen molar-refractivity contribution in [2.45, 2.75) is 53.4 Å². The Morgan fingerprint density at radius 3 is 2.06 bits per heavy atom. The largest absolute Gasteiger partial charge is 0.258 e. The maximum absolute atomic E-state index is 4.81. The van der Waals surface area contributed by atoms with Gasteiger partial charge in [-0.25, -0.2) is 0 Å². The molecule has 0 aromatic heterocycles. The van der Waals surface area contributed by atoms with E-state index in [1.165, 1.54) is 28.9 Å². The summed E-state index contributed by atoms with van der Waals surface area (Å²) < 4.78 is 0. The van der Waals surface area contributed by atoms with Gasteiger partial charge < -0.3 is 0 Å². The predicted octanol–water partition coefficient (Wildman–Crippen LogP) is 4.70. The van der Waals surface area contributed by atoms with Gasteiger partial charge >= 0.3 is 0 Å². The highest BCUT2D eigenvalue weighted by molar-refractivity contribution is 5.85. The third kappa shape index (κ3) is 3.19. The molecular weight excluding hydrogens is 194 g/mol. The van der Waals surface area contributed by atoms with Gasteiger partial charge in [0.1, 0.15) is 0 Å². The third-order valence-electron chi connectivity index (χ3n) is 2.88. The Morgan fingerprint density at radius 1 is 1.06 bits per heavy atom. The summed E-state index contributed by atoms with van der Waals surface area (Å²) in [5.41, 5.74) is 5.21. The van der Waals surface area contributed by atoms with E-state index >= 15 is 0 Å². The molecule has 0 saturated carbocycles. The van der Waals surface area contributed by atoms with E-state index in [9.17, 15) is 0 Å². The van der Waals surface area contributed by atoms with Crippen LogP contribution < -0.4 is 0 Å². The number of rotatable bonds is 5. The number of para-hydroxylation sites is 1. The van der Waals surface area contributed by atoms with E-state index in [-0.39, 0.29) is 0 Å². The van der Waals surface area contributed by atoms with Crippen LogP contribution in [0.2, 0.25) is 0 Å². The molecule has 0 atom stereocenters. The second-order valence-corrected chi connectivity index (χ2v) is 4.23. The standard InChI is InChI=1S/C15H23N/c1-5-9-12(4)16-15-13(6-2)10-8-11-14(15)7-3/h8,10-11H,5-7,9H2,1-4H3. The smallest absolute Gasteiger partial charge is 0.0692 e. The van der Waals surface area contributed by atoms with E-state index in [1.54, 1.807) is 0 Å². The fraction of sp³-hybridized carbons (Fsp3) is 0.533. The Hall–Kier alpha value is -1.11. The molecule has 0 spiro atoms. The van der Waals surface area contributed by atoms with Crippen molar-refractivity contribution in [3.63, 3.8) is 0 Å². The number of aliphatic imine (C=N–C) groups is 1. The fourth-order valence-corrected chi connectivity index (χ4v) is 1.97. The molecule has 88 valence electrons. The Balaban J connectivity index is 3.13. The minimum atomic E-state index is 1.06. The highest BCUT2D eigenvalue weighted by Gasteiger charge is 2.04. The average molecular weight is 217 g/mol. The summed E-state index contributed by atoms with van der Waals surface area (Å²) in [6, 6.07) is 6.53. The van der Waals surface area contributed by atoms with Crippen LogP contribution in [0.15, 0.2) is 23.2 Å². The van der Waals surface area contributed by atoms with Gasteiger partial charge in [-0.3, -0.25) is 4.99 Å². The monoisotopic (exact) mass is 217 g/mol. The first-order chi connectivity index (χ1) is 7.72. The van der Waals surface area contributed by atoms with Gasteiger partial charge in [-0.15, -0.1) is 0 Å². The molecule has 0 heterocycles. The van der Waals surface area contributed by atoms with E-state index < -0.39 is 0 Å². The molecule has 0 saturated heterocycles.